The Hall–Kier alpha value is -5.98. The minimum absolute atomic E-state index is 0.00757. The average Bonchev–Trinajstić information content (AvgIpc) is 3.85. The molecule has 2 fully saturated rings. The number of aliphatic hydroxyl groups excluding tert-OH is 1. The Kier molecular flexibility index (Phi) is 15.0. The van der Waals surface area contributed by atoms with Crippen LogP contribution in [0.5, 0.6) is 6.01 Å². The Morgan fingerprint density at radius 1 is 1.03 bits per heavy atom. The van der Waals surface area contributed by atoms with E-state index in [-0.39, 0.29) is 38.7 Å². The summed E-state index contributed by atoms with van der Waals surface area (Å²) in [6.45, 7) is 11.9. The van der Waals surface area contributed by atoms with Crippen molar-refractivity contribution in [3.8, 4) is 16.5 Å². The smallest absolute Gasteiger partial charge is 0.320 e. The zero-order valence-electron chi connectivity index (χ0n) is 35.1. The molecule has 2 aliphatic rings. The summed E-state index contributed by atoms with van der Waals surface area (Å²) < 4.78 is 11.3. The fourth-order valence-corrected chi connectivity index (χ4v) is 7.76. The number of anilines is 2. The van der Waals surface area contributed by atoms with Gasteiger partial charge in [0, 0.05) is 38.7 Å². The van der Waals surface area contributed by atoms with Crippen molar-refractivity contribution < 1.29 is 33.8 Å². The molecule has 2 aromatic carbocycles. The molecule has 0 saturated carbocycles. The molecule has 2 aromatic heterocycles. The maximum atomic E-state index is 14.0. The average molecular weight is 855 g/mol. The zero-order chi connectivity index (χ0) is 43.5. The summed E-state index contributed by atoms with van der Waals surface area (Å²) in [5, 5.41) is 23.2. The van der Waals surface area contributed by atoms with Gasteiger partial charge >= 0.3 is 6.01 Å². The first kappa shape index (κ1) is 44.6. The number of aliphatic hydroxyl groups is 1. The molecule has 61 heavy (non-hydrogen) atoms. The molecule has 324 valence electrons. The summed E-state index contributed by atoms with van der Waals surface area (Å²) in [4.78, 5) is 71.3. The highest BCUT2D eigenvalue weighted by atomic mass is 32.1. The van der Waals surface area contributed by atoms with Crippen molar-refractivity contribution in [3.05, 3.63) is 82.5 Å². The molecule has 0 unspecified atom stereocenters. The number of hydrazone groups is 1. The van der Waals surface area contributed by atoms with Crippen LogP contribution in [0.2, 0.25) is 0 Å². The molecule has 4 heterocycles. The SMILES string of the molecule is Cc1cccc(/C=N/Nc2cc(N3CCOCC3)nc(OCCNC(=O)CC(=O)N[C@H](C(=O)N3C[C@H](O)C[C@H]3C(=O)NCc3ccc(-c4scnc4C)cc3)C(C)(C)C)n2)c1. The lowest BCUT2D eigenvalue weighted by Crippen LogP contribution is -2.58. The molecule has 17 nitrogen and oxygen atoms in total. The van der Waals surface area contributed by atoms with Gasteiger partial charge in [0.2, 0.25) is 23.6 Å². The van der Waals surface area contributed by atoms with Crippen LogP contribution in [0.4, 0.5) is 11.6 Å². The number of carbonyl (C=O) groups excluding carboxylic acids is 4. The second-order valence-corrected chi connectivity index (χ2v) is 17.0. The predicted molar refractivity (Wildman–Crippen MR) is 232 cm³/mol. The number of nitrogens with one attached hydrogen (secondary N) is 4. The Labute approximate surface area is 359 Å². The topological polar surface area (TPSA) is 213 Å². The van der Waals surface area contributed by atoms with Gasteiger partial charge in [-0.15, -0.1) is 11.3 Å². The molecule has 5 N–H and O–H groups in total. The van der Waals surface area contributed by atoms with Crippen LogP contribution in [-0.4, -0.2) is 119 Å². The highest BCUT2D eigenvalue weighted by molar-refractivity contribution is 7.13. The largest absolute Gasteiger partial charge is 0.461 e. The van der Waals surface area contributed by atoms with Crippen molar-refractivity contribution in [1.29, 1.82) is 0 Å². The molecule has 3 atom stereocenters. The summed E-state index contributed by atoms with van der Waals surface area (Å²) in [7, 11) is 0. The van der Waals surface area contributed by atoms with Crippen LogP contribution in [0.3, 0.4) is 0 Å². The van der Waals surface area contributed by atoms with Crippen molar-refractivity contribution in [2.24, 2.45) is 10.5 Å². The number of carbonyl (C=O) groups is 4. The summed E-state index contributed by atoms with van der Waals surface area (Å²) in [6.07, 6.45) is 0.275. The highest BCUT2D eigenvalue weighted by Gasteiger charge is 2.44. The molecule has 4 aromatic rings. The number of hydrogen-bond donors (Lipinski definition) is 5. The molecule has 2 aliphatic heterocycles. The monoisotopic (exact) mass is 854 g/mol. The third kappa shape index (κ3) is 12.5. The van der Waals surface area contributed by atoms with Crippen molar-refractivity contribution in [3.63, 3.8) is 0 Å². The van der Waals surface area contributed by atoms with Gasteiger partial charge in [0.25, 0.3) is 0 Å². The number of β-amino-alcohol motifs (C(OH)–C–C–N with tert-alkyl or cyclic N) is 1. The zero-order valence-corrected chi connectivity index (χ0v) is 36.0. The summed E-state index contributed by atoms with van der Waals surface area (Å²) in [5.74, 6) is -1.15. The number of nitrogens with zero attached hydrogens (tertiary/aromatic N) is 6. The van der Waals surface area contributed by atoms with E-state index in [2.05, 4.69) is 46.3 Å². The van der Waals surface area contributed by atoms with E-state index in [0.29, 0.717) is 37.9 Å². The van der Waals surface area contributed by atoms with Crippen LogP contribution in [-0.2, 0) is 30.5 Å². The summed E-state index contributed by atoms with van der Waals surface area (Å²) >= 11 is 1.56. The highest BCUT2D eigenvalue weighted by Crippen LogP contribution is 2.29. The van der Waals surface area contributed by atoms with Crippen LogP contribution >= 0.6 is 11.3 Å². The van der Waals surface area contributed by atoms with Gasteiger partial charge in [0.1, 0.15) is 30.9 Å². The van der Waals surface area contributed by atoms with Gasteiger partial charge in [-0.1, -0.05) is 74.9 Å². The number of aryl methyl sites for hydroxylation is 2. The van der Waals surface area contributed by atoms with Gasteiger partial charge in [-0.2, -0.15) is 15.1 Å². The molecule has 0 radical (unpaired) electrons. The Morgan fingerprint density at radius 3 is 2.51 bits per heavy atom. The fourth-order valence-electron chi connectivity index (χ4n) is 6.95. The number of amides is 4. The normalized spacial score (nSPS) is 17.2. The quantitative estimate of drug-likeness (QED) is 0.0476. The molecule has 0 spiro atoms. The third-order valence-electron chi connectivity index (χ3n) is 10.1. The minimum atomic E-state index is -1.08. The molecule has 6 rings (SSSR count). The number of morpholine rings is 1. The van der Waals surface area contributed by atoms with E-state index in [1.807, 2.05) is 62.4 Å². The van der Waals surface area contributed by atoms with Crippen molar-refractivity contribution in [1.82, 2.24) is 35.8 Å². The van der Waals surface area contributed by atoms with Gasteiger partial charge in [-0.05, 0) is 36.0 Å². The van der Waals surface area contributed by atoms with E-state index in [9.17, 15) is 24.3 Å². The van der Waals surface area contributed by atoms with E-state index in [4.69, 9.17) is 9.47 Å². The number of ether oxygens (including phenoxy) is 2. The molecule has 2 saturated heterocycles. The number of rotatable bonds is 16. The standard InChI is InChI=1S/C43H54N10O7S/c1-27-7-6-8-30(19-27)24-47-51-34-21-35(52-14-17-59-18-15-52)49-42(48-34)60-16-13-44-36(55)22-37(56)50-39(43(3,4)5)41(58)53-25-32(54)20-33(53)40(57)45-23-29-9-11-31(12-10-29)38-28(2)46-26-61-38/h6-12,19,21,24,26,32-33,39,54H,13-18,20,22-23,25H2,1-5H3,(H,44,55)(H,45,57)(H,50,56)(H,48,49,51)/b47-24+/t32-,33+,39-/m1/s1. The molecular weight excluding hydrogens is 801 g/mol. The van der Waals surface area contributed by atoms with Crippen molar-refractivity contribution in [2.45, 2.75) is 72.2 Å². The molecule has 4 amide bonds. The van der Waals surface area contributed by atoms with E-state index >= 15 is 0 Å². The number of benzene rings is 2. The Balaban J connectivity index is 0.994. The van der Waals surface area contributed by atoms with Crippen LogP contribution in [0.15, 0.2) is 65.2 Å². The van der Waals surface area contributed by atoms with Gasteiger partial charge in [-0.25, -0.2) is 4.98 Å². The first-order chi connectivity index (χ1) is 29.2. The van der Waals surface area contributed by atoms with Crippen LogP contribution in [0.1, 0.15) is 56.0 Å². The second kappa shape index (κ2) is 20.5. The van der Waals surface area contributed by atoms with E-state index in [0.717, 1.165) is 32.8 Å². The first-order valence-electron chi connectivity index (χ1n) is 20.3. The van der Waals surface area contributed by atoms with Crippen LogP contribution < -0.4 is 31.0 Å². The molecule has 0 bridgehead atoms. The number of aromatic nitrogens is 3. The van der Waals surface area contributed by atoms with Gasteiger partial charge in [0.05, 0.1) is 48.2 Å². The lowest BCUT2D eigenvalue weighted by molar-refractivity contribution is -0.144. The fraction of sp³-hybridized carbons (Fsp3) is 0.442. The summed E-state index contributed by atoms with van der Waals surface area (Å²) in [5.41, 5.74) is 8.85. The maximum Gasteiger partial charge on any atom is 0.320 e. The van der Waals surface area contributed by atoms with E-state index in [1.165, 1.54) is 4.90 Å². The van der Waals surface area contributed by atoms with Crippen LogP contribution in [0.25, 0.3) is 10.4 Å². The van der Waals surface area contributed by atoms with E-state index < -0.39 is 53.7 Å². The minimum Gasteiger partial charge on any atom is -0.461 e. The third-order valence-corrected chi connectivity index (χ3v) is 11.1. The predicted octanol–water partition coefficient (Wildman–Crippen LogP) is 3.19. The van der Waals surface area contributed by atoms with E-state index in [1.54, 1.807) is 49.9 Å². The number of hydrogen-bond acceptors (Lipinski definition) is 14. The summed E-state index contributed by atoms with van der Waals surface area (Å²) in [6, 6.07) is 15.5. The van der Waals surface area contributed by atoms with Gasteiger partial charge < -0.3 is 40.3 Å². The number of likely N-dealkylation sites (tertiary alicyclic amines) is 1. The van der Waals surface area contributed by atoms with Gasteiger partial charge in [-0.3, -0.25) is 24.6 Å². The lowest BCUT2D eigenvalue weighted by Gasteiger charge is -2.35. The number of thiazole rings is 1. The second-order valence-electron chi connectivity index (χ2n) is 16.1. The Morgan fingerprint density at radius 2 is 1.80 bits per heavy atom. The molecular formula is C43H54N10O7S. The lowest BCUT2D eigenvalue weighted by atomic mass is 9.85. The molecule has 18 heteroatoms. The van der Waals surface area contributed by atoms with Gasteiger partial charge in [0.15, 0.2) is 5.82 Å². The Bertz CT molecular complexity index is 2190. The maximum absolute atomic E-state index is 14.0. The molecule has 0 aliphatic carbocycles. The first-order valence-corrected chi connectivity index (χ1v) is 21.1. The van der Waals surface area contributed by atoms with Crippen molar-refractivity contribution >= 4 is 52.8 Å². The van der Waals surface area contributed by atoms with Crippen LogP contribution in [0, 0.1) is 19.3 Å². The van der Waals surface area contributed by atoms with Crippen molar-refractivity contribution in [2.75, 3.05) is 56.3 Å².